The van der Waals surface area contributed by atoms with E-state index in [1.807, 2.05) is 6.07 Å². The van der Waals surface area contributed by atoms with E-state index >= 15 is 0 Å². The summed E-state index contributed by atoms with van der Waals surface area (Å²) in [4.78, 5) is 16.4. The Kier molecular flexibility index (Phi) is 6.97. The molecule has 1 amide bonds. The van der Waals surface area contributed by atoms with E-state index in [1.165, 1.54) is 12.2 Å². The van der Waals surface area contributed by atoms with Gasteiger partial charge in [0, 0.05) is 5.70 Å². The molecular weight excluding hydrogens is 356 g/mol. The Bertz CT molecular complexity index is 728. The van der Waals surface area contributed by atoms with Crippen molar-refractivity contribution in [1.29, 1.82) is 5.26 Å². The number of nitrogens with two attached hydrogens (primary N) is 1. The molecule has 0 saturated carbocycles. The molecule has 1 atom stereocenters. The highest BCUT2D eigenvalue weighted by Crippen LogP contribution is 2.12. The van der Waals surface area contributed by atoms with Crippen LogP contribution >= 0.6 is 15.9 Å². The summed E-state index contributed by atoms with van der Waals surface area (Å²) in [6.45, 7) is 9.00. The molecule has 3 N–H and O–H groups in total. The Labute approximate surface area is 144 Å². The van der Waals surface area contributed by atoms with Crippen molar-refractivity contribution < 1.29 is 4.79 Å². The van der Waals surface area contributed by atoms with Crippen LogP contribution in [0.1, 0.15) is 12.6 Å². The second kappa shape index (κ2) is 8.71. The molecular formula is C17H17BrN4O. The van der Waals surface area contributed by atoms with Gasteiger partial charge in [-0.1, -0.05) is 25.3 Å². The van der Waals surface area contributed by atoms with E-state index in [9.17, 15) is 10.1 Å². The Balaban J connectivity index is 3.01. The largest absolute Gasteiger partial charge is 0.398 e. The van der Waals surface area contributed by atoms with Gasteiger partial charge in [-0.3, -0.25) is 4.79 Å². The molecule has 0 aliphatic heterocycles. The lowest BCUT2D eigenvalue weighted by Gasteiger charge is -2.16. The molecule has 0 aromatic carbocycles. The van der Waals surface area contributed by atoms with Gasteiger partial charge in [-0.2, -0.15) is 5.26 Å². The van der Waals surface area contributed by atoms with E-state index in [-0.39, 0.29) is 5.57 Å². The van der Waals surface area contributed by atoms with Crippen LogP contribution in [0.25, 0.3) is 6.08 Å². The second-order valence-electron chi connectivity index (χ2n) is 4.57. The quantitative estimate of drug-likeness (QED) is 0.347. The van der Waals surface area contributed by atoms with Crippen LogP contribution in [0, 0.1) is 11.3 Å². The third-order valence-corrected chi connectivity index (χ3v) is 3.42. The summed E-state index contributed by atoms with van der Waals surface area (Å²) in [5.74, 6) is -0.516. The van der Waals surface area contributed by atoms with Crippen molar-refractivity contribution >= 4 is 27.9 Å². The molecule has 0 bridgehead atoms. The summed E-state index contributed by atoms with van der Waals surface area (Å²) in [5, 5.41) is 11.9. The predicted octanol–water partition coefficient (Wildman–Crippen LogP) is 2.84. The number of aromatic nitrogens is 1. The molecule has 0 spiro atoms. The van der Waals surface area contributed by atoms with Crippen molar-refractivity contribution in [1.82, 2.24) is 10.3 Å². The number of hydrogen-bond acceptors (Lipinski definition) is 4. The molecule has 1 aromatic rings. The number of hydrogen-bond donors (Lipinski definition) is 2. The van der Waals surface area contributed by atoms with E-state index in [1.54, 1.807) is 31.2 Å². The number of amides is 1. The maximum Gasteiger partial charge on any atom is 0.262 e. The molecule has 1 heterocycles. The molecule has 1 rings (SSSR count). The minimum absolute atomic E-state index is 0.0527. The molecule has 0 aliphatic carbocycles. The van der Waals surface area contributed by atoms with E-state index in [0.29, 0.717) is 21.6 Å². The van der Waals surface area contributed by atoms with Gasteiger partial charge in [0.25, 0.3) is 5.91 Å². The fourth-order valence-corrected chi connectivity index (χ4v) is 2.17. The first-order chi connectivity index (χ1) is 10.9. The normalized spacial score (nSPS) is 13.3. The second-order valence-corrected chi connectivity index (χ2v) is 5.38. The number of allylic oxidation sites excluding steroid dienone is 1. The van der Waals surface area contributed by atoms with Crippen LogP contribution in [-0.4, -0.2) is 16.9 Å². The van der Waals surface area contributed by atoms with Gasteiger partial charge in [-0.25, -0.2) is 4.98 Å². The van der Waals surface area contributed by atoms with E-state index in [0.717, 1.165) is 0 Å². The van der Waals surface area contributed by atoms with Crippen molar-refractivity contribution in [2.24, 2.45) is 5.73 Å². The number of nitrogens with one attached hydrogen (secondary N) is 1. The molecule has 23 heavy (non-hydrogen) atoms. The van der Waals surface area contributed by atoms with Crippen LogP contribution in [0.2, 0.25) is 0 Å². The third kappa shape index (κ3) is 5.24. The van der Waals surface area contributed by atoms with E-state index < -0.39 is 11.9 Å². The zero-order valence-electron chi connectivity index (χ0n) is 12.7. The van der Waals surface area contributed by atoms with Gasteiger partial charge in [-0.15, -0.1) is 0 Å². The standard InChI is InChI=1S/C17H17BrN4O/c1-4-14(15(20)5-2)11(3)21-17(23)12(10-19)9-13-7-6-8-16(18)22-13/h4-9,11H,1-2,20H2,3H3,(H,21,23)/b12-9+,15-14-. The lowest BCUT2D eigenvalue weighted by Crippen LogP contribution is -2.35. The molecule has 0 fully saturated rings. The Hall–Kier alpha value is -2.65. The highest BCUT2D eigenvalue weighted by atomic mass is 79.9. The van der Waals surface area contributed by atoms with Crippen LogP contribution in [0.4, 0.5) is 0 Å². The van der Waals surface area contributed by atoms with Crippen molar-refractivity contribution in [3.63, 3.8) is 0 Å². The Morgan fingerprint density at radius 1 is 1.48 bits per heavy atom. The van der Waals surface area contributed by atoms with Gasteiger partial charge in [0.1, 0.15) is 16.2 Å². The number of rotatable bonds is 6. The summed E-state index contributed by atoms with van der Waals surface area (Å²) in [5.41, 5.74) is 7.30. The lowest BCUT2D eigenvalue weighted by atomic mass is 10.1. The van der Waals surface area contributed by atoms with Crippen molar-refractivity contribution in [3.8, 4) is 6.07 Å². The van der Waals surface area contributed by atoms with E-state index in [4.69, 9.17) is 5.73 Å². The summed E-state index contributed by atoms with van der Waals surface area (Å²) < 4.78 is 0.618. The summed E-state index contributed by atoms with van der Waals surface area (Å²) in [6.07, 6.45) is 4.45. The molecule has 118 valence electrons. The number of nitriles is 1. The van der Waals surface area contributed by atoms with Crippen molar-refractivity contribution in [2.45, 2.75) is 13.0 Å². The number of pyridine rings is 1. The van der Waals surface area contributed by atoms with Gasteiger partial charge >= 0.3 is 0 Å². The van der Waals surface area contributed by atoms with Crippen LogP contribution in [-0.2, 0) is 4.79 Å². The van der Waals surface area contributed by atoms with Crippen LogP contribution in [0.15, 0.2) is 65.0 Å². The zero-order valence-corrected chi connectivity index (χ0v) is 14.3. The molecule has 1 unspecified atom stereocenters. The average molecular weight is 373 g/mol. The zero-order chi connectivity index (χ0) is 17.4. The van der Waals surface area contributed by atoms with Gasteiger partial charge in [0.05, 0.1) is 11.7 Å². The average Bonchev–Trinajstić information content (AvgIpc) is 2.52. The summed E-state index contributed by atoms with van der Waals surface area (Å²) >= 11 is 3.24. The monoisotopic (exact) mass is 372 g/mol. The maximum atomic E-state index is 12.2. The smallest absolute Gasteiger partial charge is 0.262 e. The van der Waals surface area contributed by atoms with Crippen LogP contribution in [0.3, 0.4) is 0 Å². The van der Waals surface area contributed by atoms with Gasteiger partial charge in [-0.05, 0) is 52.7 Å². The Morgan fingerprint density at radius 2 is 2.17 bits per heavy atom. The summed E-state index contributed by atoms with van der Waals surface area (Å²) in [7, 11) is 0. The topological polar surface area (TPSA) is 91.8 Å². The third-order valence-electron chi connectivity index (χ3n) is 2.98. The Morgan fingerprint density at radius 3 is 2.70 bits per heavy atom. The number of halogens is 1. The number of nitrogens with zero attached hydrogens (tertiary/aromatic N) is 2. The fourth-order valence-electron chi connectivity index (χ4n) is 1.82. The fraction of sp³-hybridized carbons (Fsp3) is 0.118. The highest BCUT2D eigenvalue weighted by molar-refractivity contribution is 9.10. The molecule has 0 aliphatic rings. The van der Waals surface area contributed by atoms with Crippen LogP contribution < -0.4 is 11.1 Å². The maximum absolute atomic E-state index is 12.2. The first-order valence-corrected chi connectivity index (χ1v) is 7.52. The molecule has 0 saturated heterocycles. The first kappa shape index (κ1) is 18.4. The van der Waals surface area contributed by atoms with Crippen molar-refractivity contribution in [2.75, 3.05) is 0 Å². The van der Waals surface area contributed by atoms with Gasteiger partial charge in [0.2, 0.25) is 0 Å². The predicted molar refractivity (Wildman–Crippen MR) is 94.7 cm³/mol. The SMILES string of the molecule is C=C/C(N)=C(\C=C)C(C)NC(=O)/C(C#N)=C/c1cccc(Br)n1. The summed E-state index contributed by atoms with van der Waals surface area (Å²) in [6, 6.07) is 6.68. The molecule has 5 nitrogen and oxygen atoms in total. The molecule has 0 radical (unpaired) electrons. The van der Waals surface area contributed by atoms with E-state index in [2.05, 4.69) is 39.4 Å². The molecule has 1 aromatic heterocycles. The number of carbonyl (C=O) groups excluding carboxylic acids is 1. The lowest BCUT2D eigenvalue weighted by molar-refractivity contribution is -0.117. The van der Waals surface area contributed by atoms with Gasteiger partial charge in [0.15, 0.2) is 0 Å². The van der Waals surface area contributed by atoms with Crippen LogP contribution in [0.5, 0.6) is 0 Å². The first-order valence-electron chi connectivity index (χ1n) is 6.72. The van der Waals surface area contributed by atoms with Gasteiger partial charge < -0.3 is 11.1 Å². The number of carbonyl (C=O) groups is 1. The molecule has 6 heteroatoms. The van der Waals surface area contributed by atoms with Crippen molar-refractivity contribution in [3.05, 3.63) is 70.6 Å². The minimum atomic E-state index is -0.516. The minimum Gasteiger partial charge on any atom is -0.398 e. The highest BCUT2D eigenvalue weighted by Gasteiger charge is 2.15.